The van der Waals surface area contributed by atoms with Crippen LogP contribution in [0, 0.1) is 0 Å². The van der Waals surface area contributed by atoms with E-state index < -0.39 is 0 Å². The lowest BCUT2D eigenvalue weighted by Gasteiger charge is -2.13. The zero-order chi connectivity index (χ0) is 18.5. The molecule has 154 valence electrons. The first kappa shape index (κ1) is 23.7. The van der Waals surface area contributed by atoms with Crippen molar-refractivity contribution in [2.45, 2.75) is 96.8 Å². The molecule has 1 heterocycles. The SMILES string of the molecule is CCCCCCCC/C=C\CCCCCCCCNCCN1CCNC1. The number of unbranched alkanes of at least 4 members (excludes halogenated alkanes) is 12. The van der Waals surface area contributed by atoms with Crippen molar-refractivity contribution >= 4 is 0 Å². The highest BCUT2D eigenvalue weighted by molar-refractivity contribution is 4.81. The van der Waals surface area contributed by atoms with Crippen molar-refractivity contribution in [2.24, 2.45) is 0 Å². The van der Waals surface area contributed by atoms with Crippen LogP contribution in [-0.4, -0.2) is 44.3 Å². The van der Waals surface area contributed by atoms with Gasteiger partial charge in [-0.15, -0.1) is 0 Å². The predicted molar refractivity (Wildman–Crippen MR) is 117 cm³/mol. The van der Waals surface area contributed by atoms with Gasteiger partial charge in [-0.3, -0.25) is 4.90 Å². The Morgan fingerprint density at radius 3 is 2.00 bits per heavy atom. The summed E-state index contributed by atoms with van der Waals surface area (Å²) < 4.78 is 0. The first-order valence-electron chi connectivity index (χ1n) is 11.7. The van der Waals surface area contributed by atoms with Gasteiger partial charge in [0.15, 0.2) is 0 Å². The molecule has 0 aromatic rings. The molecule has 0 unspecified atom stereocenters. The maximum atomic E-state index is 3.58. The second-order valence-electron chi connectivity index (χ2n) is 7.96. The van der Waals surface area contributed by atoms with Crippen molar-refractivity contribution in [2.75, 3.05) is 39.4 Å². The van der Waals surface area contributed by atoms with Crippen LogP contribution < -0.4 is 10.6 Å². The van der Waals surface area contributed by atoms with Crippen LogP contribution >= 0.6 is 0 Å². The van der Waals surface area contributed by atoms with Crippen LogP contribution in [0.3, 0.4) is 0 Å². The maximum Gasteiger partial charge on any atom is 0.0481 e. The van der Waals surface area contributed by atoms with E-state index in [1.165, 1.54) is 110 Å². The summed E-state index contributed by atoms with van der Waals surface area (Å²) >= 11 is 0. The highest BCUT2D eigenvalue weighted by Crippen LogP contribution is 2.09. The van der Waals surface area contributed by atoms with Crippen LogP contribution in [0.5, 0.6) is 0 Å². The topological polar surface area (TPSA) is 27.3 Å². The lowest BCUT2D eigenvalue weighted by molar-refractivity contribution is 0.331. The maximum absolute atomic E-state index is 3.58. The Hall–Kier alpha value is -0.380. The van der Waals surface area contributed by atoms with E-state index in [4.69, 9.17) is 0 Å². The average molecular weight is 366 g/mol. The van der Waals surface area contributed by atoms with Crippen LogP contribution in [-0.2, 0) is 0 Å². The average Bonchev–Trinajstić information content (AvgIpc) is 3.17. The van der Waals surface area contributed by atoms with Gasteiger partial charge in [-0.05, 0) is 38.6 Å². The van der Waals surface area contributed by atoms with E-state index in [-0.39, 0.29) is 0 Å². The van der Waals surface area contributed by atoms with E-state index in [2.05, 4.69) is 34.6 Å². The molecule has 3 heteroatoms. The van der Waals surface area contributed by atoms with Crippen molar-refractivity contribution in [1.82, 2.24) is 15.5 Å². The molecule has 0 bridgehead atoms. The summed E-state index contributed by atoms with van der Waals surface area (Å²) in [5, 5.41) is 6.96. The van der Waals surface area contributed by atoms with Gasteiger partial charge in [0.2, 0.25) is 0 Å². The lowest BCUT2D eigenvalue weighted by Crippen LogP contribution is -2.31. The molecule has 1 rings (SSSR count). The summed E-state index contributed by atoms with van der Waals surface area (Å²) in [5.74, 6) is 0. The number of hydrogen-bond donors (Lipinski definition) is 2. The third-order valence-corrected chi connectivity index (χ3v) is 5.41. The van der Waals surface area contributed by atoms with E-state index in [1.54, 1.807) is 0 Å². The van der Waals surface area contributed by atoms with Gasteiger partial charge in [0.05, 0.1) is 0 Å². The third kappa shape index (κ3) is 15.8. The molecule has 0 aromatic heterocycles. The van der Waals surface area contributed by atoms with E-state index in [9.17, 15) is 0 Å². The Labute approximate surface area is 164 Å². The molecule has 1 aliphatic heterocycles. The molecule has 0 saturated carbocycles. The molecule has 0 amide bonds. The minimum absolute atomic E-state index is 1.08. The van der Waals surface area contributed by atoms with Crippen LogP contribution in [0.25, 0.3) is 0 Å². The fourth-order valence-corrected chi connectivity index (χ4v) is 3.60. The zero-order valence-corrected chi connectivity index (χ0v) is 17.7. The molecule has 1 fully saturated rings. The standard InChI is InChI=1S/C23H47N3/c1-2-3-4-5-6-7-8-9-10-11-12-13-14-15-16-17-18-24-19-21-26-22-20-25-23-26/h9-10,24-25H,2-8,11-23H2,1H3/b10-9-. The van der Waals surface area contributed by atoms with E-state index >= 15 is 0 Å². The molecular weight excluding hydrogens is 318 g/mol. The molecule has 2 N–H and O–H groups in total. The Morgan fingerprint density at radius 2 is 1.38 bits per heavy atom. The molecule has 3 nitrogen and oxygen atoms in total. The van der Waals surface area contributed by atoms with E-state index in [0.29, 0.717) is 0 Å². The summed E-state index contributed by atoms with van der Waals surface area (Å²) in [5.41, 5.74) is 0. The summed E-state index contributed by atoms with van der Waals surface area (Å²) in [6, 6.07) is 0. The number of nitrogens with zero attached hydrogens (tertiary/aromatic N) is 1. The van der Waals surface area contributed by atoms with Crippen molar-refractivity contribution in [3.8, 4) is 0 Å². The normalized spacial score (nSPS) is 15.4. The highest BCUT2D eigenvalue weighted by atomic mass is 15.3. The monoisotopic (exact) mass is 365 g/mol. The van der Waals surface area contributed by atoms with Gasteiger partial charge >= 0.3 is 0 Å². The first-order valence-corrected chi connectivity index (χ1v) is 11.7. The van der Waals surface area contributed by atoms with Gasteiger partial charge in [-0.2, -0.15) is 0 Å². The Bertz CT molecular complexity index is 298. The lowest BCUT2D eigenvalue weighted by atomic mass is 10.1. The van der Waals surface area contributed by atoms with E-state index in [0.717, 1.165) is 19.8 Å². The van der Waals surface area contributed by atoms with Crippen molar-refractivity contribution in [1.29, 1.82) is 0 Å². The van der Waals surface area contributed by atoms with Gasteiger partial charge in [-0.1, -0.05) is 76.9 Å². The van der Waals surface area contributed by atoms with Crippen LogP contribution in [0.4, 0.5) is 0 Å². The Balaban J connectivity index is 1.67. The second-order valence-corrected chi connectivity index (χ2v) is 7.96. The minimum Gasteiger partial charge on any atom is -0.315 e. The van der Waals surface area contributed by atoms with Gasteiger partial charge in [-0.25, -0.2) is 0 Å². The first-order chi connectivity index (χ1) is 12.9. The molecule has 0 aromatic carbocycles. The fraction of sp³-hybridized carbons (Fsp3) is 0.913. The van der Waals surface area contributed by atoms with Crippen molar-refractivity contribution < 1.29 is 0 Å². The fourth-order valence-electron chi connectivity index (χ4n) is 3.60. The summed E-state index contributed by atoms with van der Waals surface area (Å²) in [7, 11) is 0. The largest absolute Gasteiger partial charge is 0.315 e. The number of nitrogens with one attached hydrogen (secondary N) is 2. The molecule has 1 saturated heterocycles. The molecule has 0 spiro atoms. The smallest absolute Gasteiger partial charge is 0.0481 e. The van der Waals surface area contributed by atoms with E-state index in [1.807, 2.05) is 0 Å². The third-order valence-electron chi connectivity index (χ3n) is 5.41. The predicted octanol–water partition coefficient (Wildman–Crippen LogP) is 5.48. The van der Waals surface area contributed by atoms with Gasteiger partial charge in [0, 0.05) is 32.8 Å². The van der Waals surface area contributed by atoms with Gasteiger partial charge < -0.3 is 10.6 Å². The highest BCUT2D eigenvalue weighted by Gasteiger charge is 2.08. The van der Waals surface area contributed by atoms with Crippen LogP contribution in [0.1, 0.15) is 96.8 Å². The van der Waals surface area contributed by atoms with Gasteiger partial charge in [0.1, 0.15) is 0 Å². The molecule has 1 aliphatic rings. The molecule has 26 heavy (non-hydrogen) atoms. The molecule has 0 atom stereocenters. The quantitative estimate of drug-likeness (QED) is 0.234. The summed E-state index contributed by atoms with van der Waals surface area (Å²) in [6.07, 6.45) is 24.3. The number of rotatable bonds is 19. The van der Waals surface area contributed by atoms with Crippen LogP contribution in [0.2, 0.25) is 0 Å². The Kier molecular flexibility index (Phi) is 17.6. The zero-order valence-electron chi connectivity index (χ0n) is 17.7. The summed E-state index contributed by atoms with van der Waals surface area (Å²) in [4.78, 5) is 2.48. The molecule has 0 aliphatic carbocycles. The minimum atomic E-state index is 1.08. The number of hydrogen-bond acceptors (Lipinski definition) is 3. The van der Waals surface area contributed by atoms with Crippen molar-refractivity contribution in [3.63, 3.8) is 0 Å². The number of allylic oxidation sites excluding steroid dienone is 2. The second kappa shape index (κ2) is 19.4. The molecule has 0 radical (unpaired) electrons. The summed E-state index contributed by atoms with van der Waals surface area (Å²) in [6.45, 7) is 9.28. The molecular formula is C23H47N3. The Morgan fingerprint density at radius 1 is 0.769 bits per heavy atom. The van der Waals surface area contributed by atoms with Gasteiger partial charge in [0.25, 0.3) is 0 Å². The van der Waals surface area contributed by atoms with Crippen molar-refractivity contribution in [3.05, 3.63) is 12.2 Å². The van der Waals surface area contributed by atoms with Crippen LogP contribution in [0.15, 0.2) is 12.2 Å².